The Labute approximate surface area is 199 Å². The number of pyridine rings is 2. The molecule has 0 aliphatic heterocycles. The fraction of sp³-hybridized carbons (Fsp3) is 0.133. The lowest BCUT2D eigenvalue weighted by molar-refractivity contribution is 0.446. The number of nitrogens with zero attached hydrogens (tertiary/aromatic N) is 2. The van der Waals surface area contributed by atoms with Gasteiger partial charge in [-0.15, -0.1) is 0 Å². The van der Waals surface area contributed by atoms with E-state index in [-0.39, 0.29) is 5.41 Å². The van der Waals surface area contributed by atoms with Crippen LogP contribution in [0.15, 0.2) is 103 Å². The summed E-state index contributed by atoms with van der Waals surface area (Å²) >= 11 is 0. The van der Waals surface area contributed by atoms with E-state index in [0.29, 0.717) is 17.4 Å². The molecule has 0 N–H and O–H groups in total. The van der Waals surface area contributed by atoms with Crippen molar-refractivity contribution >= 4 is 10.9 Å². The molecular weight excluding hydrogens is 420 g/mol. The van der Waals surface area contributed by atoms with Crippen LogP contribution in [0, 0.1) is 0 Å². The number of benzene rings is 3. The Balaban J connectivity index is 1.36. The molecule has 0 atom stereocenters. The monoisotopic (exact) mass is 446 g/mol. The lowest BCUT2D eigenvalue weighted by atomic mass is 9.88. The summed E-state index contributed by atoms with van der Waals surface area (Å²) in [4.78, 5) is 9.15. The lowest BCUT2D eigenvalue weighted by Gasteiger charge is -2.19. The zero-order chi connectivity index (χ0) is 23.5. The Bertz CT molecular complexity index is 1450. The smallest absolute Gasteiger partial charge is 0.219 e. The topological polar surface area (TPSA) is 44.2 Å². The Morgan fingerprint density at radius 2 is 1.38 bits per heavy atom. The van der Waals surface area contributed by atoms with Crippen LogP contribution in [0.5, 0.6) is 23.1 Å². The van der Waals surface area contributed by atoms with Crippen LogP contribution >= 0.6 is 0 Å². The molecule has 0 bridgehead atoms. The average molecular weight is 447 g/mol. The normalized spacial score (nSPS) is 11.4. The van der Waals surface area contributed by atoms with Crippen LogP contribution in [0.2, 0.25) is 0 Å². The minimum Gasteiger partial charge on any atom is -0.457 e. The van der Waals surface area contributed by atoms with Gasteiger partial charge >= 0.3 is 0 Å². The molecule has 5 aromatic rings. The Kier molecular flexibility index (Phi) is 5.72. The van der Waals surface area contributed by atoms with Crippen molar-refractivity contribution in [1.29, 1.82) is 0 Å². The van der Waals surface area contributed by atoms with Gasteiger partial charge in [0.15, 0.2) is 0 Å². The van der Waals surface area contributed by atoms with E-state index in [0.717, 1.165) is 27.9 Å². The van der Waals surface area contributed by atoms with Gasteiger partial charge < -0.3 is 9.47 Å². The molecule has 0 aliphatic carbocycles. The number of para-hydroxylation sites is 1. The fourth-order valence-corrected chi connectivity index (χ4v) is 3.74. The Hall–Kier alpha value is -4.18. The molecule has 2 aromatic heterocycles. The average Bonchev–Trinajstić information content (AvgIpc) is 2.84. The van der Waals surface area contributed by atoms with Crippen molar-refractivity contribution in [2.75, 3.05) is 0 Å². The molecule has 4 nitrogen and oxygen atoms in total. The minimum atomic E-state index is 0.0247. The second kappa shape index (κ2) is 8.99. The summed E-state index contributed by atoms with van der Waals surface area (Å²) in [6, 6.07) is 31.8. The van der Waals surface area contributed by atoms with E-state index in [1.807, 2.05) is 84.9 Å². The molecule has 168 valence electrons. The summed E-state index contributed by atoms with van der Waals surface area (Å²) in [5, 5.41) is 1.12. The first kappa shape index (κ1) is 21.7. The second-order valence-electron chi connectivity index (χ2n) is 9.23. The fourth-order valence-electron chi connectivity index (χ4n) is 3.74. The first-order valence-corrected chi connectivity index (χ1v) is 11.3. The van der Waals surface area contributed by atoms with Gasteiger partial charge in [-0.25, -0.2) is 9.97 Å². The standard InChI is InChI=1S/C30H26N2O2/c1-30(2,3)23-16-17-31-29(19-23)34-26-12-7-11-25(20-26)33-24-10-6-9-22(18-24)28-15-14-21-8-4-5-13-27(21)32-28/h4-20H,1-3H3. The van der Waals surface area contributed by atoms with Gasteiger partial charge in [0.05, 0.1) is 11.2 Å². The Morgan fingerprint density at radius 1 is 0.647 bits per heavy atom. The van der Waals surface area contributed by atoms with Crippen molar-refractivity contribution in [1.82, 2.24) is 9.97 Å². The first-order chi connectivity index (χ1) is 16.4. The van der Waals surface area contributed by atoms with E-state index in [4.69, 9.17) is 14.5 Å². The number of fused-ring (bicyclic) bond motifs is 1. The van der Waals surface area contributed by atoms with Crippen LogP contribution in [0.25, 0.3) is 22.2 Å². The number of hydrogen-bond donors (Lipinski definition) is 0. The third-order valence-electron chi connectivity index (χ3n) is 5.59. The quantitative estimate of drug-likeness (QED) is 0.273. The summed E-state index contributed by atoms with van der Waals surface area (Å²) in [7, 11) is 0. The molecule has 5 rings (SSSR count). The molecule has 0 spiro atoms. The van der Waals surface area contributed by atoms with E-state index in [1.165, 1.54) is 5.56 Å². The Morgan fingerprint density at radius 3 is 2.21 bits per heavy atom. The first-order valence-electron chi connectivity index (χ1n) is 11.3. The predicted molar refractivity (Wildman–Crippen MR) is 137 cm³/mol. The van der Waals surface area contributed by atoms with Crippen LogP contribution in [-0.2, 0) is 5.41 Å². The molecule has 0 saturated heterocycles. The van der Waals surface area contributed by atoms with Crippen molar-refractivity contribution in [3.8, 4) is 34.4 Å². The van der Waals surface area contributed by atoms with E-state index >= 15 is 0 Å². The van der Waals surface area contributed by atoms with Crippen LogP contribution in [0.1, 0.15) is 26.3 Å². The van der Waals surface area contributed by atoms with Crippen LogP contribution < -0.4 is 9.47 Å². The summed E-state index contributed by atoms with van der Waals surface area (Å²) in [5.74, 6) is 2.66. The van der Waals surface area contributed by atoms with Crippen molar-refractivity contribution in [2.45, 2.75) is 26.2 Å². The molecule has 2 heterocycles. The largest absolute Gasteiger partial charge is 0.457 e. The highest BCUT2D eigenvalue weighted by Gasteiger charge is 2.15. The van der Waals surface area contributed by atoms with Gasteiger partial charge in [-0.2, -0.15) is 0 Å². The van der Waals surface area contributed by atoms with Crippen molar-refractivity contribution in [2.24, 2.45) is 0 Å². The molecule has 0 radical (unpaired) electrons. The van der Waals surface area contributed by atoms with Crippen LogP contribution in [0.4, 0.5) is 0 Å². The zero-order valence-electron chi connectivity index (χ0n) is 19.5. The van der Waals surface area contributed by atoms with Gasteiger partial charge in [0, 0.05) is 29.3 Å². The molecule has 0 fully saturated rings. The minimum absolute atomic E-state index is 0.0247. The zero-order valence-corrected chi connectivity index (χ0v) is 19.5. The summed E-state index contributed by atoms with van der Waals surface area (Å²) in [6.45, 7) is 6.51. The molecule has 4 heteroatoms. The summed E-state index contributed by atoms with van der Waals surface area (Å²) in [5.41, 5.74) is 4.07. The SMILES string of the molecule is CC(C)(C)c1ccnc(Oc2cccc(Oc3cccc(-c4ccc5ccccc5n4)c3)c2)c1. The maximum Gasteiger partial charge on any atom is 0.219 e. The number of hydrogen-bond acceptors (Lipinski definition) is 4. The van der Waals surface area contributed by atoms with Crippen LogP contribution in [0.3, 0.4) is 0 Å². The summed E-state index contributed by atoms with van der Waals surface area (Å²) < 4.78 is 12.2. The number of aromatic nitrogens is 2. The molecule has 0 saturated carbocycles. The highest BCUT2D eigenvalue weighted by atomic mass is 16.5. The van der Waals surface area contributed by atoms with Crippen molar-refractivity contribution in [3.63, 3.8) is 0 Å². The molecule has 0 amide bonds. The third-order valence-corrected chi connectivity index (χ3v) is 5.59. The van der Waals surface area contributed by atoms with Crippen molar-refractivity contribution in [3.05, 3.63) is 109 Å². The molecule has 0 unspecified atom stereocenters. The lowest BCUT2D eigenvalue weighted by Crippen LogP contribution is -2.11. The predicted octanol–water partition coefficient (Wildman–Crippen LogP) is 8.18. The highest BCUT2D eigenvalue weighted by molar-refractivity contribution is 5.81. The number of rotatable bonds is 5. The summed E-state index contributed by atoms with van der Waals surface area (Å²) in [6.07, 6.45) is 1.78. The van der Waals surface area contributed by atoms with Gasteiger partial charge in [0.25, 0.3) is 0 Å². The maximum atomic E-state index is 6.16. The van der Waals surface area contributed by atoms with Gasteiger partial charge in [0.2, 0.25) is 5.88 Å². The van der Waals surface area contributed by atoms with E-state index in [1.54, 1.807) is 6.20 Å². The van der Waals surface area contributed by atoms with E-state index in [2.05, 4.69) is 37.9 Å². The second-order valence-corrected chi connectivity index (χ2v) is 9.23. The van der Waals surface area contributed by atoms with Gasteiger partial charge in [-0.05, 0) is 53.4 Å². The van der Waals surface area contributed by atoms with Crippen molar-refractivity contribution < 1.29 is 9.47 Å². The molecule has 0 aliphatic rings. The number of ether oxygens (including phenoxy) is 2. The van der Waals surface area contributed by atoms with Gasteiger partial charge in [-0.1, -0.05) is 63.2 Å². The maximum absolute atomic E-state index is 6.16. The molecule has 34 heavy (non-hydrogen) atoms. The van der Waals surface area contributed by atoms with Crippen LogP contribution in [-0.4, -0.2) is 9.97 Å². The molecular formula is C30H26N2O2. The van der Waals surface area contributed by atoms with E-state index in [9.17, 15) is 0 Å². The van der Waals surface area contributed by atoms with Gasteiger partial charge in [0.1, 0.15) is 17.2 Å². The molecule has 3 aromatic carbocycles. The van der Waals surface area contributed by atoms with Gasteiger partial charge in [-0.3, -0.25) is 0 Å². The highest BCUT2D eigenvalue weighted by Crippen LogP contribution is 2.31. The third kappa shape index (κ3) is 4.91. The van der Waals surface area contributed by atoms with E-state index < -0.39 is 0 Å².